The molecule has 0 aromatic heterocycles. The van der Waals surface area contributed by atoms with Crippen LogP contribution >= 0.6 is 0 Å². The summed E-state index contributed by atoms with van der Waals surface area (Å²) in [5.74, 6) is -0.0326. The van der Waals surface area contributed by atoms with Gasteiger partial charge in [-0.25, -0.2) is 4.79 Å². The maximum Gasteiger partial charge on any atom is 0.318 e. The summed E-state index contributed by atoms with van der Waals surface area (Å²) in [6, 6.07) is 16.9. The number of aliphatic hydroxyl groups excluding tert-OH is 1. The van der Waals surface area contributed by atoms with Crippen LogP contribution < -0.4 is 10.6 Å². The van der Waals surface area contributed by atoms with Crippen molar-refractivity contribution < 1.29 is 14.7 Å². The number of carbonyl (C=O) groups excluding carboxylic acids is 2. The van der Waals surface area contributed by atoms with Gasteiger partial charge in [0.05, 0.1) is 18.6 Å². The number of likely N-dealkylation sites (N-methyl/N-ethyl adjacent to an activating group) is 1. The normalized spacial score (nSPS) is 17.4. The van der Waals surface area contributed by atoms with E-state index in [-0.39, 0.29) is 30.5 Å². The van der Waals surface area contributed by atoms with E-state index in [4.69, 9.17) is 0 Å². The highest BCUT2D eigenvalue weighted by Crippen LogP contribution is 2.25. The summed E-state index contributed by atoms with van der Waals surface area (Å²) in [6.45, 7) is 2.12. The molecule has 1 aliphatic heterocycles. The van der Waals surface area contributed by atoms with Gasteiger partial charge in [-0.2, -0.15) is 0 Å². The number of likely N-dealkylation sites (tertiary alicyclic amines) is 1. The Kier molecular flexibility index (Phi) is 7.43. The number of nitrogens with one attached hydrogen (secondary N) is 2. The molecule has 7 heteroatoms. The molecule has 0 spiro atoms. The number of carbonyl (C=O) groups is 2. The second-order valence-corrected chi connectivity index (χ2v) is 7.67. The van der Waals surface area contributed by atoms with E-state index in [0.717, 1.165) is 24.1 Å². The van der Waals surface area contributed by atoms with Crippen molar-refractivity contribution in [2.75, 3.05) is 39.0 Å². The molecule has 3 amide bonds. The molecule has 30 heavy (non-hydrogen) atoms. The minimum Gasteiger partial charge on any atom is -0.392 e. The molecule has 3 rings (SSSR count). The molecule has 0 bridgehead atoms. The number of hydrogen-bond acceptors (Lipinski definition) is 4. The SMILES string of the molecule is CNC(=O)Nc1ccccc1CC(=O)N(C)C(CN1CCC(O)C1)c1ccccc1. The van der Waals surface area contributed by atoms with Crippen molar-refractivity contribution >= 4 is 17.6 Å². The summed E-state index contributed by atoms with van der Waals surface area (Å²) < 4.78 is 0. The average Bonchev–Trinajstić information content (AvgIpc) is 3.18. The van der Waals surface area contributed by atoms with Crippen LogP contribution in [-0.2, 0) is 11.2 Å². The minimum atomic E-state index is -0.321. The Morgan fingerprint density at radius 2 is 1.87 bits per heavy atom. The molecule has 1 aliphatic rings. The molecule has 0 saturated carbocycles. The van der Waals surface area contributed by atoms with Crippen LogP contribution in [0.3, 0.4) is 0 Å². The smallest absolute Gasteiger partial charge is 0.318 e. The van der Waals surface area contributed by atoms with Crippen LogP contribution in [0, 0.1) is 0 Å². The third-order valence-corrected chi connectivity index (χ3v) is 5.56. The number of nitrogens with zero attached hydrogens (tertiary/aromatic N) is 2. The van der Waals surface area contributed by atoms with Crippen molar-refractivity contribution in [1.82, 2.24) is 15.1 Å². The highest BCUT2D eigenvalue weighted by molar-refractivity contribution is 5.91. The zero-order chi connectivity index (χ0) is 21.5. The number of para-hydroxylation sites is 1. The summed E-state index contributed by atoms with van der Waals surface area (Å²) in [5.41, 5.74) is 2.45. The molecule has 2 aromatic rings. The number of amides is 3. The topological polar surface area (TPSA) is 84.9 Å². The van der Waals surface area contributed by atoms with Crippen LogP contribution in [-0.4, -0.2) is 66.7 Å². The van der Waals surface area contributed by atoms with E-state index in [1.807, 2.05) is 55.6 Å². The molecule has 2 aromatic carbocycles. The third kappa shape index (κ3) is 5.58. The first-order chi connectivity index (χ1) is 14.5. The zero-order valence-corrected chi connectivity index (χ0v) is 17.5. The largest absolute Gasteiger partial charge is 0.392 e. The van der Waals surface area contributed by atoms with Crippen LogP contribution in [0.1, 0.15) is 23.6 Å². The molecule has 2 atom stereocenters. The molecule has 1 heterocycles. The fourth-order valence-corrected chi connectivity index (χ4v) is 3.79. The molecular formula is C23H30N4O3. The number of rotatable bonds is 7. The minimum absolute atomic E-state index is 0.0326. The molecule has 0 aliphatic carbocycles. The molecular weight excluding hydrogens is 380 g/mol. The Morgan fingerprint density at radius 3 is 2.53 bits per heavy atom. The maximum absolute atomic E-state index is 13.2. The Bertz CT molecular complexity index is 859. The Hall–Kier alpha value is -2.90. The molecule has 160 valence electrons. The van der Waals surface area contributed by atoms with Gasteiger partial charge in [0.15, 0.2) is 0 Å². The van der Waals surface area contributed by atoms with Crippen LogP contribution in [0.5, 0.6) is 0 Å². The molecule has 1 saturated heterocycles. The molecule has 2 unspecified atom stereocenters. The lowest BCUT2D eigenvalue weighted by Crippen LogP contribution is -2.39. The number of urea groups is 1. The van der Waals surface area contributed by atoms with Gasteiger partial charge >= 0.3 is 6.03 Å². The van der Waals surface area contributed by atoms with E-state index in [1.165, 1.54) is 0 Å². The second kappa shape index (κ2) is 10.2. The monoisotopic (exact) mass is 410 g/mol. The Labute approximate surface area is 177 Å². The van der Waals surface area contributed by atoms with Crippen molar-refractivity contribution in [3.8, 4) is 0 Å². The van der Waals surface area contributed by atoms with Crippen molar-refractivity contribution in [2.24, 2.45) is 0 Å². The highest BCUT2D eigenvalue weighted by atomic mass is 16.3. The van der Waals surface area contributed by atoms with Gasteiger partial charge in [0.2, 0.25) is 5.91 Å². The van der Waals surface area contributed by atoms with Gasteiger partial charge in [-0.05, 0) is 23.6 Å². The van der Waals surface area contributed by atoms with Gasteiger partial charge in [-0.1, -0.05) is 48.5 Å². The molecule has 7 nitrogen and oxygen atoms in total. The van der Waals surface area contributed by atoms with Gasteiger partial charge in [0.25, 0.3) is 0 Å². The lowest BCUT2D eigenvalue weighted by molar-refractivity contribution is -0.131. The van der Waals surface area contributed by atoms with E-state index in [2.05, 4.69) is 15.5 Å². The number of benzene rings is 2. The van der Waals surface area contributed by atoms with Gasteiger partial charge in [0, 0.05) is 39.4 Å². The summed E-state index contributed by atoms with van der Waals surface area (Å²) in [6.07, 6.45) is 0.644. The van der Waals surface area contributed by atoms with Crippen LogP contribution in [0.25, 0.3) is 0 Å². The zero-order valence-electron chi connectivity index (χ0n) is 17.5. The van der Waals surface area contributed by atoms with Crippen molar-refractivity contribution in [3.63, 3.8) is 0 Å². The molecule has 0 radical (unpaired) electrons. The van der Waals surface area contributed by atoms with Crippen LogP contribution in [0.2, 0.25) is 0 Å². The predicted octanol–water partition coefficient (Wildman–Crippen LogP) is 2.25. The van der Waals surface area contributed by atoms with E-state index in [0.29, 0.717) is 18.8 Å². The first kappa shape index (κ1) is 21.8. The lowest BCUT2D eigenvalue weighted by atomic mass is 10.0. The number of hydrogen-bond donors (Lipinski definition) is 3. The number of anilines is 1. The summed E-state index contributed by atoms with van der Waals surface area (Å²) in [4.78, 5) is 28.9. The van der Waals surface area contributed by atoms with Crippen molar-refractivity contribution in [2.45, 2.75) is 25.0 Å². The highest BCUT2D eigenvalue weighted by Gasteiger charge is 2.28. The van der Waals surface area contributed by atoms with E-state index < -0.39 is 0 Å². The third-order valence-electron chi connectivity index (χ3n) is 5.56. The summed E-state index contributed by atoms with van der Waals surface area (Å²) in [7, 11) is 3.37. The first-order valence-electron chi connectivity index (χ1n) is 10.3. The van der Waals surface area contributed by atoms with Gasteiger partial charge in [-0.15, -0.1) is 0 Å². The Balaban J connectivity index is 1.76. The first-order valence-corrected chi connectivity index (χ1v) is 10.3. The van der Waals surface area contributed by atoms with Gasteiger partial charge < -0.3 is 20.6 Å². The maximum atomic E-state index is 13.2. The van der Waals surface area contributed by atoms with E-state index in [9.17, 15) is 14.7 Å². The summed E-state index contributed by atoms with van der Waals surface area (Å²) in [5, 5.41) is 15.2. The van der Waals surface area contributed by atoms with Crippen LogP contribution in [0.15, 0.2) is 54.6 Å². The average molecular weight is 411 g/mol. The van der Waals surface area contributed by atoms with Crippen LogP contribution in [0.4, 0.5) is 10.5 Å². The van der Waals surface area contributed by atoms with E-state index in [1.54, 1.807) is 18.0 Å². The van der Waals surface area contributed by atoms with Crippen molar-refractivity contribution in [1.29, 1.82) is 0 Å². The summed E-state index contributed by atoms with van der Waals surface area (Å²) >= 11 is 0. The molecule has 3 N–H and O–H groups in total. The Morgan fingerprint density at radius 1 is 1.17 bits per heavy atom. The number of β-amino-alcohol motifs (C(OH)–C–C–N with tert-alkyl or cyclic N) is 1. The fourth-order valence-electron chi connectivity index (χ4n) is 3.79. The predicted molar refractivity (Wildman–Crippen MR) is 117 cm³/mol. The van der Waals surface area contributed by atoms with Gasteiger partial charge in [0.1, 0.15) is 0 Å². The second-order valence-electron chi connectivity index (χ2n) is 7.67. The van der Waals surface area contributed by atoms with Crippen molar-refractivity contribution in [3.05, 3.63) is 65.7 Å². The standard InChI is InChI=1S/C23H30N4O3/c1-24-23(30)25-20-11-7-6-10-18(20)14-22(29)26(2)21(17-8-4-3-5-9-17)16-27-13-12-19(28)15-27/h3-11,19,21,28H,12-16H2,1-2H3,(H2,24,25,30). The fraction of sp³-hybridized carbons (Fsp3) is 0.391. The lowest BCUT2D eigenvalue weighted by Gasteiger charge is -2.32. The molecule has 1 fully saturated rings. The number of aliphatic hydroxyl groups is 1. The quantitative estimate of drug-likeness (QED) is 0.654. The van der Waals surface area contributed by atoms with Gasteiger partial charge in [-0.3, -0.25) is 9.69 Å². The van der Waals surface area contributed by atoms with E-state index >= 15 is 0 Å².